The number of rotatable bonds is 5. The summed E-state index contributed by atoms with van der Waals surface area (Å²) in [6.07, 6.45) is 3.49. The first-order valence-corrected chi connectivity index (χ1v) is 8.37. The fourth-order valence-corrected chi connectivity index (χ4v) is 3.77. The largest absolute Gasteiger partial charge is 0.275 e. The van der Waals surface area contributed by atoms with E-state index in [1.165, 1.54) is 16.4 Å². The Morgan fingerprint density at radius 1 is 1.29 bits per heavy atom. The van der Waals surface area contributed by atoms with Crippen molar-refractivity contribution in [3.8, 4) is 0 Å². The average Bonchev–Trinajstić information content (AvgIpc) is 2.81. The van der Waals surface area contributed by atoms with Gasteiger partial charge in [-0.1, -0.05) is 11.6 Å². The van der Waals surface area contributed by atoms with Crippen molar-refractivity contribution in [2.24, 2.45) is 7.05 Å². The van der Waals surface area contributed by atoms with E-state index < -0.39 is 10.0 Å². The van der Waals surface area contributed by atoms with Gasteiger partial charge < -0.3 is 0 Å². The number of sulfonamides is 1. The predicted molar refractivity (Wildman–Crippen MR) is 82.5 cm³/mol. The molecule has 0 N–H and O–H groups in total. The number of nitrogens with zero attached hydrogens (tertiary/aromatic N) is 3. The van der Waals surface area contributed by atoms with Gasteiger partial charge in [-0.15, -0.1) is 0 Å². The summed E-state index contributed by atoms with van der Waals surface area (Å²) in [4.78, 5) is 0.240. The van der Waals surface area contributed by atoms with Crippen molar-refractivity contribution >= 4 is 21.6 Å². The molecule has 0 radical (unpaired) electrons. The number of hydrogen-bond acceptors (Lipinski definition) is 3. The third-order valence-electron chi connectivity index (χ3n) is 3.09. The van der Waals surface area contributed by atoms with Gasteiger partial charge in [-0.2, -0.15) is 9.40 Å². The Bertz CT molecular complexity index is 708. The van der Waals surface area contributed by atoms with Crippen LogP contribution in [0.3, 0.4) is 0 Å². The Hall–Kier alpha value is -1.37. The normalized spacial score (nSPS) is 12.3. The van der Waals surface area contributed by atoms with E-state index in [2.05, 4.69) is 5.10 Å². The maximum Gasteiger partial charge on any atom is 0.243 e. The van der Waals surface area contributed by atoms with Crippen LogP contribution < -0.4 is 0 Å². The molecule has 0 fully saturated rings. The predicted octanol–water partition coefficient (Wildman–Crippen LogP) is 2.67. The van der Waals surface area contributed by atoms with Gasteiger partial charge in [0.05, 0.1) is 11.1 Å². The lowest BCUT2D eigenvalue weighted by Crippen LogP contribution is -2.36. The molecule has 0 aliphatic heterocycles. The zero-order valence-corrected chi connectivity index (χ0v) is 13.8. The van der Waals surface area contributed by atoms with Gasteiger partial charge in [0.15, 0.2) is 0 Å². The highest BCUT2D eigenvalue weighted by Crippen LogP contribution is 2.22. The lowest BCUT2D eigenvalue weighted by Gasteiger charge is -2.25. The quantitative estimate of drug-likeness (QED) is 0.848. The first kappa shape index (κ1) is 16.0. The second-order valence-electron chi connectivity index (χ2n) is 5.12. The van der Waals surface area contributed by atoms with Gasteiger partial charge in [0.2, 0.25) is 10.0 Å². The van der Waals surface area contributed by atoms with E-state index in [1.807, 2.05) is 20.0 Å². The van der Waals surface area contributed by atoms with Gasteiger partial charge in [-0.25, -0.2) is 8.42 Å². The summed E-state index contributed by atoms with van der Waals surface area (Å²) >= 11 is 5.82. The molecule has 0 saturated carbocycles. The highest BCUT2D eigenvalue weighted by atomic mass is 35.5. The van der Waals surface area contributed by atoms with E-state index in [4.69, 9.17) is 11.6 Å². The zero-order chi connectivity index (χ0) is 15.6. The lowest BCUT2D eigenvalue weighted by molar-refractivity contribution is 0.348. The Labute approximate surface area is 130 Å². The number of aromatic nitrogens is 2. The van der Waals surface area contributed by atoms with Crippen LogP contribution in [0.4, 0.5) is 0 Å². The van der Waals surface area contributed by atoms with Crippen LogP contribution in [0.1, 0.15) is 19.4 Å². The monoisotopic (exact) mass is 327 g/mol. The van der Waals surface area contributed by atoms with Crippen LogP contribution in [0, 0.1) is 0 Å². The summed E-state index contributed by atoms with van der Waals surface area (Å²) in [7, 11) is -1.77. The molecule has 114 valence electrons. The second-order valence-corrected chi connectivity index (χ2v) is 7.45. The van der Waals surface area contributed by atoms with Gasteiger partial charge in [-0.05, 0) is 38.1 Å². The van der Waals surface area contributed by atoms with E-state index in [-0.39, 0.29) is 17.5 Å². The van der Waals surface area contributed by atoms with Gasteiger partial charge in [0, 0.05) is 36.4 Å². The van der Waals surface area contributed by atoms with Crippen molar-refractivity contribution in [3.05, 3.63) is 47.2 Å². The number of aryl methyl sites for hydroxylation is 1. The number of benzene rings is 1. The van der Waals surface area contributed by atoms with Crippen LogP contribution in [-0.4, -0.2) is 28.5 Å². The molecule has 1 aromatic heterocycles. The van der Waals surface area contributed by atoms with Crippen LogP contribution in [0.25, 0.3) is 0 Å². The highest BCUT2D eigenvalue weighted by Gasteiger charge is 2.27. The van der Waals surface area contributed by atoms with Crippen LogP contribution in [0.5, 0.6) is 0 Å². The van der Waals surface area contributed by atoms with E-state index in [0.29, 0.717) is 5.02 Å². The van der Waals surface area contributed by atoms with Crippen molar-refractivity contribution in [3.63, 3.8) is 0 Å². The second kappa shape index (κ2) is 6.17. The summed E-state index contributed by atoms with van der Waals surface area (Å²) in [6.45, 7) is 3.99. The summed E-state index contributed by atoms with van der Waals surface area (Å²) in [5, 5.41) is 4.58. The Balaban J connectivity index is 2.34. The summed E-state index contributed by atoms with van der Waals surface area (Å²) < 4.78 is 28.6. The van der Waals surface area contributed by atoms with Crippen LogP contribution in [0.2, 0.25) is 5.02 Å². The Kier molecular flexibility index (Phi) is 4.70. The third-order valence-corrected chi connectivity index (χ3v) is 5.38. The van der Waals surface area contributed by atoms with E-state index in [1.54, 1.807) is 30.1 Å². The molecule has 0 aliphatic carbocycles. The molecule has 2 rings (SSSR count). The fourth-order valence-electron chi connectivity index (χ4n) is 2.02. The first-order chi connectivity index (χ1) is 9.80. The lowest BCUT2D eigenvalue weighted by atomic mass is 10.3. The standard InChI is InChI=1S/C14H18ClN3O2S/c1-11(2)18(10-12-8-16-17(3)9-12)21(19,20)14-6-4-13(15)5-7-14/h4-9,11H,10H2,1-3H3. The molecular formula is C14H18ClN3O2S. The number of halogens is 1. The molecule has 0 unspecified atom stereocenters. The third kappa shape index (κ3) is 3.64. The van der Waals surface area contributed by atoms with E-state index in [9.17, 15) is 8.42 Å². The summed E-state index contributed by atoms with van der Waals surface area (Å²) in [5.41, 5.74) is 0.851. The molecule has 0 bridgehead atoms. The maximum atomic E-state index is 12.8. The molecule has 1 heterocycles. The zero-order valence-electron chi connectivity index (χ0n) is 12.2. The van der Waals surface area contributed by atoms with Crippen molar-refractivity contribution in [1.29, 1.82) is 0 Å². The Morgan fingerprint density at radius 2 is 1.90 bits per heavy atom. The maximum absolute atomic E-state index is 12.8. The van der Waals surface area contributed by atoms with Crippen LogP contribution >= 0.6 is 11.6 Å². The molecule has 7 heteroatoms. The highest BCUT2D eigenvalue weighted by molar-refractivity contribution is 7.89. The smallest absolute Gasteiger partial charge is 0.243 e. The Morgan fingerprint density at radius 3 is 2.38 bits per heavy atom. The molecular weight excluding hydrogens is 310 g/mol. The molecule has 0 saturated heterocycles. The van der Waals surface area contributed by atoms with Crippen molar-refractivity contribution in [2.75, 3.05) is 0 Å². The first-order valence-electron chi connectivity index (χ1n) is 6.55. The molecule has 2 aromatic rings. The SMILES string of the molecule is CC(C)N(Cc1cnn(C)c1)S(=O)(=O)c1ccc(Cl)cc1. The molecule has 5 nitrogen and oxygen atoms in total. The summed E-state index contributed by atoms with van der Waals surface area (Å²) in [6, 6.07) is 6.05. The molecule has 0 atom stereocenters. The topological polar surface area (TPSA) is 55.2 Å². The van der Waals surface area contributed by atoms with Crippen LogP contribution in [-0.2, 0) is 23.6 Å². The summed E-state index contributed by atoms with van der Waals surface area (Å²) in [5.74, 6) is 0. The van der Waals surface area contributed by atoms with E-state index >= 15 is 0 Å². The van der Waals surface area contributed by atoms with Gasteiger partial charge in [-0.3, -0.25) is 4.68 Å². The van der Waals surface area contributed by atoms with Crippen LogP contribution in [0.15, 0.2) is 41.6 Å². The molecule has 0 aliphatic rings. The van der Waals surface area contributed by atoms with Crippen molar-refractivity contribution < 1.29 is 8.42 Å². The minimum Gasteiger partial charge on any atom is -0.275 e. The van der Waals surface area contributed by atoms with E-state index in [0.717, 1.165) is 5.56 Å². The average molecular weight is 328 g/mol. The van der Waals surface area contributed by atoms with Crippen molar-refractivity contribution in [2.45, 2.75) is 31.3 Å². The number of hydrogen-bond donors (Lipinski definition) is 0. The van der Waals surface area contributed by atoms with Gasteiger partial charge >= 0.3 is 0 Å². The molecule has 0 amide bonds. The molecule has 21 heavy (non-hydrogen) atoms. The minimum absolute atomic E-state index is 0.161. The van der Waals surface area contributed by atoms with Gasteiger partial charge in [0.1, 0.15) is 0 Å². The molecule has 0 spiro atoms. The fraction of sp³-hybridized carbons (Fsp3) is 0.357. The molecule has 1 aromatic carbocycles. The van der Waals surface area contributed by atoms with Crippen molar-refractivity contribution in [1.82, 2.24) is 14.1 Å². The minimum atomic E-state index is -3.57. The van der Waals surface area contributed by atoms with Gasteiger partial charge in [0.25, 0.3) is 0 Å².